The highest BCUT2D eigenvalue weighted by molar-refractivity contribution is 5.56. The molecule has 0 spiro atoms. The Balaban J connectivity index is 2.39. The van der Waals surface area contributed by atoms with Crippen LogP contribution in [0.4, 0.5) is 17.6 Å². The van der Waals surface area contributed by atoms with Crippen LogP contribution in [0.15, 0.2) is 30.5 Å². The fraction of sp³-hybridized carbons (Fsp3) is 0.357. The van der Waals surface area contributed by atoms with Crippen molar-refractivity contribution in [3.63, 3.8) is 0 Å². The quantitative estimate of drug-likeness (QED) is 0.859. The van der Waals surface area contributed by atoms with Gasteiger partial charge >= 0.3 is 6.18 Å². The van der Waals surface area contributed by atoms with Gasteiger partial charge in [0, 0.05) is 18.3 Å². The second-order valence-electron chi connectivity index (χ2n) is 4.56. The number of nitrogens with zero attached hydrogens (tertiary/aromatic N) is 2. The summed E-state index contributed by atoms with van der Waals surface area (Å²) in [4.78, 5) is 3.60. The van der Waals surface area contributed by atoms with Crippen LogP contribution in [0, 0.1) is 0 Å². The molecule has 0 bridgehead atoms. The summed E-state index contributed by atoms with van der Waals surface area (Å²) in [5.74, 6) is 0.121. The highest BCUT2D eigenvalue weighted by Gasteiger charge is 2.34. The Morgan fingerprint density at radius 1 is 1.19 bits per heavy atom. The monoisotopic (exact) mass is 301 g/mol. The minimum Gasteiger partial charge on any atom is -0.328 e. The molecule has 114 valence electrons. The van der Waals surface area contributed by atoms with Crippen molar-refractivity contribution in [3.8, 4) is 11.4 Å². The highest BCUT2D eigenvalue weighted by atomic mass is 19.4. The average Bonchev–Trinajstić information content (AvgIpc) is 2.85. The summed E-state index contributed by atoms with van der Waals surface area (Å²) < 4.78 is 51.9. The number of hydrogen-bond acceptors (Lipinski definition) is 2. The van der Waals surface area contributed by atoms with E-state index in [9.17, 15) is 17.6 Å². The lowest BCUT2D eigenvalue weighted by atomic mass is 10.1. The molecule has 7 heteroatoms. The Morgan fingerprint density at radius 2 is 1.86 bits per heavy atom. The SMILES string of the molecule is CNCc1ccc(-c2nc(C(F)(F)F)cn2CCF)cc1. The van der Waals surface area contributed by atoms with E-state index in [0.29, 0.717) is 12.1 Å². The molecule has 1 aromatic carbocycles. The maximum atomic E-state index is 12.7. The summed E-state index contributed by atoms with van der Waals surface area (Å²) in [6.45, 7) is -0.248. The molecule has 0 aliphatic rings. The number of aryl methyl sites for hydroxylation is 1. The first kappa shape index (κ1) is 15.5. The predicted molar refractivity (Wildman–Crippen MR) is 71.4 cm³/mol. The van der Waals surface area contributed by atoms with E-state index in [2.05, 4.69) is 10.3 Å². The van der Waals surface area contributed by atoms with E-state index in [1.807, 2.05) is 0 Å². The Morgan fingerprint density at radius 3 is 2.38 bits per heavy atom. The van der Waals surface area contributed by atoms with Gasteiger partial charge in [0.25, 0.3) is 0 Å². The molecule has 1 N–H and O–H groups in total. The molecule has 0 saturated heterocycles. The van der Waals surface area contributed by atoms with E-state index in [0.717, 1.165) is 11.8 Å². The minimum atomic E-state index is -4.54. The molecule has 1 aromatic heterocycles. The smallest absolute Gasteiger partial charge is 0.328 e. The molecular weight excluding hydrogens is 286 g/mol. The molecule has 2 aromatic rings. The molecule has 0 aliphatic carbocycles. The van der Waals surface area contributed by atoms with Crippen LogP contribution in [0.25, 0.3) is 11.4 Å². The maximum Gasteiger partial charge on any atom is 0.434 e. The molecule has 21 heavy (non-hydrogen) atoms. The number of halogens is 4. The minimum absolute atomic E-state index is 0.121. The number of aromatic nitrogens is 2. The maximum absolute atomic E-state index is 12.7. The third-order valence-electron chi connectivity index (χ3n) is 2.99. The number of imidazole rings is 1. The second kappa shape index (κ2) is 6.26. The van der Waals surface area contributed by atoms with E-state index >= 15 is 0 Å². The number of hydrogen-bond donors (Lipinski definition) is 1. The van der Waals surface area contributed by atoms with Gasteiger partial charge in [0.05, 0.1) is 6.54 Å². The Kier molecular flexibility index (Phi) is 4.62. The Labute approximate surface area is 119 Å². The van der Waals surface area contributed by atoms with E-state index in [-0.39, 0.29) is 12.4 Å². The van der Waals surface area contributed by atoms with E-state index in [1.165, 1.54) is 4.57 Å². The fourth-order valence-corrected chi connectivity index (χ4v) is 2.02. The van der Waals surface area contributed by atoms with E-state index < -0.39 is 18.5 Å². The lowest BCUT2D eigenvalue weighted by molar-refractivity contribution is -0.140. The van der Waals surface area contributed by atoms with Crippen LogP contribution in [0.5, 0.6) is 0 Å². The zero-order valence-electron chi connectivity index (χ0n) is 11.4. The summed E-state index contributed by atoms with van der Waals surface area (Å²) >= 11 is 0. The molecule has 0 fully saturated rings. The second-order valence-corrected chi connectivity index (χ2v) is 4.56. The number of alkyl halides is 4. The summed E-state index contributed by atoms with van der Waals surface area (Å²) in [6, 6.07) is 6.97. The van der Waals surface area contributed by atoms with Gasteiger partial charge in [-0.25, -0.2) is 9.37 Å². The zero-order chi connectivity index (χ0) is 15.5. The molecule has 0 unspecified atom stereocenters. The van der Waals surface area contributed by atoms with Crippen LogP contribution in [0.3, 0.4) is 0 Å². The third kappa shape index (κ3) is 3.60. The molecule has 0 aliphatic heterocycles. The van der Waals surface area contributed by atoms with Gasteiger partial charge in [-0.05, 0) is 12.6 Å². The number of rotatable bonds is 5. The van der Waals surface area contributed by atoms with Crippen molar-refractivity contribution >= 4 is 0 Å². The average molecular weight is 301 g/mol. The molecular formula is C14H15F4N3. The van der Waals surface area contributed by atoms with Crippen LogP contribution in [0.2, 0.25) is 0 Å². The molecule has 0 atom stereocenters. The largest absolute Gasteiger partial charge is 0.434 e. The van der Waals surface area contributed by atoms with Gasteiger partial charge in [-0.15, -0.1) is 0 Å². The van der Waals surface area contributed by atoms with E-state index in [4.69, 9.17) is 0 Å². The molecule has 0 amide bonds. The standard InChI is InChI=1S/C14H15F4N3/c1-19-8-10-2-4-11(5-3-10)13-20-12(14(16,17)18)9-21(13)7-6-15/h2-5,9,19H,6-8H2,1H3. The van der Waals surface area contributed by atoms with Crippen LogP contribution in [0.1, 0.15) is 11.3 Å². The third-order valence-corrected chi connectivity index (χ3v) is 2.99. The van der Waals surface area contributed by atoms with Gasteiger partial charge in [-0.1, -0.05) is 24.3 Å². The van der Waals surface area contributed by atoms with Crippen LogP contribution in [-0.4, -0.2) is 23.3 Å². The first-order valence-electron chi connectivity index (χ1n) is 6.40. The summed E-state index contributed by atoms with van der Waals surface area (Å²) in [7, 11) is 1.80. The van der Waals surface area contributed by atoms with Crippen molar-refractivity contribution in [2.75, 3.05) is 13.7 Å². The molecule has 0 radical (unpaired) electrons. The van der Waals surface area contributed by atoms with Gasteiger partial charge < -0.3 is 9.88 Å². The molecule has 0 saturated carbocycles. The lowest BCUT2D eigenvalue weighted by Crippen LogP contribution is -2.05. The number of nitrogens with one attached hydrogen (secondary N) is 1. The molecule has 2 rings (SSSR count). The van der Waals surface area contributed by atoms with Gasteiger partial charge in [0.15, 0.2) is 5.69 Å². The fourth-order valence-electron chi connectivity index (χ4n) is 2.02. The van der Waals surface area contributed by atoms with Gasteiger partial charge in [-0.3, -0.25) is 0 Å². The van der Waals surface area contributed by atoms with Crippen molar-refractivity contribution in [2.24, 2.45) is 0 Å². The summed E-state index contributed by atoms with van der Waals surface area (Å²) in [5, 5.41) is 2.98. The van der Waals surface area contributed by atoms with Gasteiger partial charge in [-0.2, -0.15) is 13.2 Å². The lowest BCUT2D eigenvalue weighted by Gasteiger charge is -2.06. The van der Waals surface area contributed by atoms with Crippen molar-refractivity contribution in [1.82, 2.24) is 14.9 Å². The van der Waals surface area contributed by atoms with Crippen molar-refractivity contribution < 1.29 is 17.6 Å². The van der Waals surface area contributed by atoms with Gasteiger partial charge in [0.1, 0.15) is 12.5 Å². The van der Waals surface area contributed by atoms with Crippen LogP contribution >= 0.6 is 0 Å². The van der Waals surface area contributed by atoms with Crippen molar-refractivity contribution in [1.29, 1.82) is 0 Å². The highest BCUT2D eigenvalue weighted by Crippen LogP contribution is 2.31. The summed E-state index contributed by atoms with van der Waals surface area (Å²) in [6.07, 6.45) is -3.70. The number of benzene rings is 1. The first-order chi connectivity index (χ1) is 9.95. The Bertz CT molecular complexity index is 587. The van der Waals surface area contributed by atoms with Gasteiger partial charge in [0.2, 0.25) is 0 Å². The molecule has 1 heterocycles. The van der Waals surface area contributed by atoms with Crippen molar-refractivity contribution in [3.05, 3.63) is 41.7 Å². The van der Waals surface area contributed by atoms with E-state index in [1.54, 1.807) is 31.3 Å². The van der Waals surface area contributed by atoms with Crippen LogP contribution in [-0.2, 0) is 19.3 Å². The molecule has 3 nitrogen and oxygen atoms in total. The van der Waals surface area contributed by atoms with Crippen molar-refractivity contribution in [2.45, 2.75) is 19.3 Å². The Hall–Kier alpha value is -1.89. The summed E-state index contributed by atoms with van der Waals surface area (Å²) in [5.41, 5.74) is 0.518. The topological polar surface area (TPSA) is 29.9 Å². The zero-order valence-corrected chi connectivity index (χ0v) is 11.4. The predicted octanol–water partition coefficient (Wildman–Crippen LogP) is 3.26. The van der Waals surface area contributed by atoms with Crippen LogP contribution < -0.4 is 5.32 Å². The normalized spacial score (nSPS) is 11.9. The first-order valence-corrected chi connectivity index (χ1v) is 6.40.